The van der Waals surface area contributed by atoms with Crippen molar-refractivity contribution in [1.29, 1.82) is 0 Å². The topological polar surface area (TPSA) is 67.2 Å². The van der Waals surface area contributed by atoms with Gasteiger partial charge in [0, 0.05) is 24.5 Å². The van der Waals surface area contributed by atoms with Crippen molar-refractivity contribution in [2.45, 2.75) is 37.8 Å². The van der Waals surface area contributed by atoms with Crippen molar-refractivity contribution in [2.24, 2.45) is 0 Å². The van der Waals surface area contributed by atoms with Crippen LogP contribution in [0.1, 0.15) is 54.0 Å². The number of rotatable bonds is 3. The van der Waals surface area contributed by atoms with Gasteiger partial charge in [-0.15, -0.1) is 0 Å². The van der Waals surface area contributed by atoms with E-state index in [1.165, 1.54) is 0 Å². The van der Waals surface area contributed by atoms with Gasteiger partial charge in [-0.05, 0) is 43.5 Å². The van der Waals surface area contributed by atoms with Crippen LogP contribution in [-0.4, -0.2) is 33.0 Å². The van der Waals surface area contributed by atoms with Crippen LogP contribution in [0.4, 0.5) is 5.69 Å². The van der Waals surface area contributed by atoms with E-state index in [0.29, 0.717) is 18.7 Å². The second kappa shape index (κ2) is 6.83. The van der Waals surface area contributed by atoms with Crippen molar-refractivity contribution in [2.75, 3.05) is 11.9 Å². The Morgan fingerprint density at radius 1 is 1.10 bits per heavy atom. The fourth-order valence-corrected chi connectivity index (χ4v) is 5.05. The molecule has 0 bridgehead atoms. The zero-order valence-electron chi connectivity index (χ0n) is 17.1. The summed E-state index contributed by atoms with van der Waals surface area (Å²) < 4.78 is 1.75. The van der Waals surface area contributed by atoms with Gasteiger partial charge in [0.2, 0.25) is 5.91 Å². The summed E-state index contributed by atoms with van der Waals surface area (Å²) in [7, 11) is 0. The molecule has 2 amide bonds. The van der Waals surface area contributed by atoms with Gasteiger partial charge in [-0.3, -0.25) is 14.3 Å². The molecule has 5 rings (SSSR count). The molecule has 1 N–H and O–H groups in total. The number of carbonyl (C=O) groups is 2. The van der Waals surface area contributed by atoms with E-state index in [4.69, 9.17) is 0 Å². The van der Waals surface area contributed by atoms with Crippen LogP contribution >= 0.6 is 0 Å². The summed E-state index contributed by atoms with van der Waals surface area (Å²) in [5.74, 6) is -0.130. The van der Waals surface area contributed by atoms with Crippen LogP contribution in [0.3, 0.4) is 0 Å². The number of anilines is 1. The maximum atomic E-state index is 13.7. The third kappa shape index (κ3) is 2.53. The standard InChI is InChI=1S/C24H24N4O2/c1-16(2)28-20(12-14-25-28)22(29)27-15-13-24(21(27)17-8-4-3-5-9-17)18-10-6-7-11-19(18)26-23(24)30/h3-12,14,16,21H,13,15H2,1-2H3,(H,26,30)/t21-,24+/m0/s1. The van der Waals surface area contributed by atoms with Crippen LogP contribution in [0.5, 0.6) is 0 Å². The minimum absolute atomic E-state index is 0.0368. The van der Waals surface area contributed by atoms with E-state index >= 15 is 0 Å². The van der Waals surface area contributed by atoms with Gasteiger partial charge in [-0.2, -0.15) is 5.10 Å². The first-order valence-electron chi connectivity index (χ1n) is 10.3. The molecule has 152 valence electrons. The Kier molecular flexibility index (Phi) is 4.24. The first kappa shape index (κ1) is 18.6. The number of carbonyl (C=O) groups excluding carboxylic acids is 2. The molecule has 1 aromatic heterocycles. The van der Waals surface area contributed by atoms with Gasteiger partial charge in [0.25, 0.3) is 5.91 Å². The third-order valence-corrected chi connectivity index (χ3v) is 6.34. The number of benzene rings is 2. The number of hydrogen-bond acceptors (Lipinski definition) is 3. The maximum Gasteiger partial charge on any atom is 0.272 e. The minimum atomic E-state index is -0.795. The van der Waals surface area contributed by atoms with E-state index in [0.717, 1.165) is 16.8 Å². The van der Waals surface area contributed by atoms with Crippen molar-refractivity contribution >= 4 is 17.5 Å². The number of nitrogens with one attached hydrogen (secondary N) is 1. The zero-order valence-corrected chi connectivity index (χ0v) is 17.1. The molecular weight excluding hydrogens is 376 g/mol. The summed E-state index contributed by atoms with van der Waals surface area (Å²) in [5.41, 5.74) is 2.53. The Labute approximate surface area is 175 Å². The van der Waals surface area contributed by atoms with Gasteiger partial charge in [0.05, 0.1) is 6.04 Å². The minimum Gasteiger partial charge on any atom is -0.329 e. The summed E-state index contributed by atoms with van der Waals surface area (Å²) in [5, 5.41) is 7.40. The summed E-state index contributed by atoms with van der Waals surface area (Å²) in [6, 6.07) is 19.2. The van der Waals surface area contributed by atoms with E-state index in [1.54, 1.807) is 16.9 Å². The molecule has 6 heteroatoms. The lowest BCUT2D eigenvalue weighted by Crippen LogP contribution is -2.43. The summed E-state index contributed by atoms with van der Waals surface area (Å²) in [4.78, 5) is 29.0. The zero-order chi connectivity index (χ0) is 20.9. The Hall–Kier alpha value is -3.41. The van der Waals surface area contributed by atoms with Gasteiger partial charge in [-0.25, -0.2) is 0 Å². The highest BCUT2D eigenvalue weighted by atomic mass is 16.2. The van der Waals surface area contributed by atoms with Crippen LogP contribution in [0.15, 0.2) is 66.9 Å². The van der Waals surface area contributed by atoms with Gasteiger partial charge in [-0.1, -0.05) is 48.5 Å². The van der Waals surface area contributed by atoms with E-state index in [9.17, 15) is 9.59 Å². The molecule has 1 spiro atoms. The van der Waals surface area contributed by atoms with Crippen LogP contribution in [0, 0.1) is 0 Å². The fraction of sp³-hybridized carbons (Fsp3) is 0.292. The molecule has 30 heavy (non-hydrogen) atoms. The number of para-hydroxylation sites is 1. The van der Waals surface area contributed by atoms with Crippen molar-refractivity contribution in [3.63, 3.8) is 0 Å². The molecule has 6 nitrogen and oxygen atoms in total. The number of hydrogen-bond donors (Lipinski definition) is 1. The Morgan fingerprint density at radius 2 is 1.83 bits per heavy atom. The predicted molar refractivity (Wildman–Crippen MR) is 114 cm³/mol. The van der Waals surface area contributed by atoms with Gasteiger partial charge < -0.3 is 10.2 Å². The Bertz CT molecular complexity index is 1120. The molecule has 2 aliphatic heterocycles. The average molecular weight is 400 g/mol. The SMILES string of the molecule is CC(C)n1nccc1C(=O)N1CC[C@]2(C(=O)Nc3ccccc32)[C@@H]1c1ccccc1. The lowest BCUT2D eigenvalue weighted by atomic mass is 9.72. The lowest BCUT2D eigenvalue weighted by Gasteiger charge is -2.34. The predicted octanol–water partition coefficient (Wildman–Crippen LogP) is 3.94. The third-order valence-electron chi connectivity index (χ3n) is 6.34. The lowest BCUT2D eigenvalue weighted by molar-refractivity contribution is -0.121. The quantitative estimate of drug-likeness (QED) is 0.724. The average Bonchev–Trinajstić information content (AvgIpc) is 3.46. The molecule has 1 fully saturated rings. The number of aromatic nitrogens is 2. The first-order chi connectivity index (χ1) is 14.5. The normalized spacial score (nSPS) is 22.6. The Morgan fingerprint density at radius 3 is 2.60 bits per heavy atom. The monoisotopic (exact) mass is 400 g/mol. The van der Waals surface area contributed by atoms with Crippen LogP contribution in [0.25, 0.3) is 0 Å². The summed E-state index contributed by atoms with van der Waals surface area (Å²) >= 11 is 0. The van der Waals surface area contributed by atoms with Crippen LogP contribution in [0.2, 0.25) is 0 Å². The summed E-state index contributed by atoms with van der Waals surface area (Å²) in [6.45, 7) is 4.51. The van der Waals surface area contributed by atoms with Crippen molar-refractivity contribution < 1.29 is 9.59 Å². The first-order valence-corrected chi connectivity index (χ1v) is 10.3. The van der Waals surface area contributed by atoms with Crippen LogP contribution < -0.4 is 5.32 Å². The van der Waals surface area contributed by atoms with Crippen molar-refractivity contribution in [3.8, 4) is 0 Å². The molecule has 2 aromatic carbocycles. The largest absolute Gasteiger partial charge is 0.329 e. The highest BCUT2D eigenvalue weighted by Crippen LogP contribution is 2.54. The molecule has 1 saturated heterocycles. The van der Waals surface area contributed by atoms with Crippen molar-refractivity contribution in [1.82, 2.24) is 14.7 Å². The maximum absolute atomic E-state index is 13.7. The van der Waals surface area contributed by atoms with E-state index in [-0.39, 0.29) is 23.9 Å². The van der Waals surface area contributed by atoms with Crippen molar-refractivity contribution in [3.05, 3.63) is 83.7 Å². The van der Waals surface area contributed by atoms with Crippen LogP contribution in [-0.2, 0) is 10.2 Å². The number of fused-ring (bicyclic) bond motifs is 2. The molecular formula is C24H24N4O2. The van der Waals surface area contributed by atoms with E-state index in [2.05, 4.69) is 10.4 Å². The number of likely N-dealkylation sites (tertiary alicyclic amines) is 1. The molecule has 0 saturated carbocycles. The molecule has 0 unspecified atom stereocenters. The van der Waals surface area contributed by atoms with Gasteiger partial charge >= 0.3 is 0 Å². The highest BCUT2D eigenvalue weighted by Gasteiger charge is 2.59. The second-order valence-electron chi connectivity index (χ2n) is 8.29. The summed E-state index contributed by atoms with van der Waals surface area (Å²) in [6.07, 6.45) is 2.24. The van der Waals surface area contributed by atoms with Gasteiger partial charge in [0.1, 0.15) is 11.1 Å². The van der Waals surface area contributed by atoms with E-state index < -0.39 is 5.41 Å². The molecule has 0 aliphatic carbocycles. The molecule has 3 heterocycles. The molecule has 2 aliphatic rings. The van der Waals surface area contributed by atoms with Gasteiger partial charge in [0.15, 0.2) is 0 Å². The Balaban J connectivity index is 1.66. The molecule has 3 aromatic rings. The number of amides is 2. The highest BCUT2D eigenvalue weighted by molar-refractivity contribution is 6.08. The number of nitrogens with zero attached hydrogens (tertiary/aromatic N) is 3. The molecule has 0 radical (unpaired) electrons. The fourth-order valence-electron chi connectivity index (χ4n) is 5.05. The smallest absolute Gasteiger partial charge is 0.272 e. The van der Waals surface area contributed by atoms with E-state index in [1.807, 2.05) is 73.3 Å². The molecule has 2 atom stereocenters. The second-order valence-corrected chi connectivity index (χ2v) is 8.29.